The lowest BCUT2D eigenvalue weighted by molar-refractivity contribution is -0.134. The molecule has 0 saturated carbocycles. The highest BCUT2D eigenvalue weighted by Gasteiger charge is 2.27. The van der Waals surface area contributed by atoms with Crippen LogP contribution in [0.25, 0.3) is 0 Å². The second-order valence-electron chi connectivity index (χ2n) is 5.21. The molecule has 0 fully saturated rings. The van der Waals surface area contributed by atoms with Crippen LogP contribution in [0.4, 0.5) is 13.2 Å². The first-order valence-electron chi connectivity index (χ1n) is 7.08. The predicted octanol–water partition coefficient (Wildman–Crippen LogP) is 3.45. The van der Waals surface area contributed by atoms with Crippen LogP contribution in [0.15, 0.2) is 24.5 Å². The predicted molar refractivity (Wildman–Crippen MR) is 75.3 cm³/mol. The lowest BCUT2D eigenvalue weighted by Crippen LogP contribution is -2.34. The SMILES string of the molecule is CCN1C=CCN1Cc1cnc(CCC(F)(F)F)c(C)c1. The van der Waals surface area contributed by atoms with Gasteiger partial charge in [-0.3, -0.25) is 4.98 Å². The van der Waals surface area contributed by atoms with Crippen molar-refractivity contribution in [1.82, 2.24) is 15.0 Å². The van der Waals surface area contributed by atoms with Gasteiger partial charge in [0.2, 0.25) is 0 Å². The van der Waals surface area contributed by atoms with Crippen LogP contribution in [0.2, 0.25) is 0 Å². The first-order chi connectivity index (χ1) is 9.89. The summed E-state index contributed by atoms with van der Waals surface area (Å²) in [6.45, 7) is 6.36. The lowest BCUT2D eigenvalue weighted by atomic mass is 10.1. The van der Waals surface area contributed by atoms with E-state index in [1.54, 1.807) is 6.20 Å². The average molecular weight is 299 g/mol. The van der Waals surface area contributed by atoms with Crippen molar-refractivity contribution in [3.8, 4) is 0 Å². The summed E-state index contributed by atoms with van der Waals surface area (Å²) in [5, 5.41) is 4.29. The molecule has 116 valence electrons. The average Bonchev–Trinajstić information content (AvgIpc) is 2.84. The van der Waals surface area contributed by atoms with Gasteiger partial charge in [-0.05, 0) is 31.4 Å². The number of rotatable bonds is 5. The Bertz CT molecular complexity index is 511. The second kappa shape index (κ2) is 6.47. The van der Waals surface area contributed by atoms with Gasteiger partial charge in [0.25, 0.3) is 0 Å². The monoisotopic (exact) mass is 299 g/mol. The molecule has 0 amide bonds. The van der Waals surface area contributed by atoms with E-state index in [2.05, 4.69) is 28.0 Å². The van der Waals surface area contributed by atoms with Crippen LogP contribution in [0.1, 0.15) is 30.2 Å². The number of aryl methyl sites for hydroxylation is 2. The molecule has 0 spiro atoms. The molecule has 0 N–H and O–H groups in total. The van der Waals surface area contributed by atoms with E-state index in [0.717, 1.165) is 24.2 Å². The number of halogens is 3. The molecular formula is C15H20F3N3. The highest BCUT2D eigenvalue weighted by molar-refractivity contribution is 5.24. The number of hydrazine groups is 1. The second-order valence-corrected chi connectivity index (χ2v) is 5.21. The zero-order valence-corrected chi connectivity index (χ0v) is 12.3. The number of alkyl halides is 3. The van der Waals surface area contributed by atoms with Gasteiger partial charge >= 0.3 is 6.18 Å². The summed E-state index contributed by atoms with van der Waals surface area (Å²) in [6.07, 6.45) is 0.807. The van der Waals surface area contributed by atoms with Crippen LogP contribution in [0, 0.1) is 6.92 Å². The van der Waals surface area contributed by atoms with Gasteiger partial charge in [0.1, 0.15) is 0 Å². The minimum atomic E-state index is -4.13. The van der Waals surface area contributed by atoms with E-state index in [1.807, 2.05) is 19.2 Å². The molecule has 0 aliphatic carbocycles. The van der Waals surface area contributed by atoms with Crippen molar-refractivity contribution < 1.29 is 13.2 Å². The van der Waals surface area contributed by atoms with Crippen LogP contribution in [-0.2, 0) is 13.0 Å². The lowest BCUT2D eigenvalue weighted by Gasteiger charge is -2.28. The van der Waals surface area contributed by atoms with E-state index in [0.29, 0.717) is 12.2 Å². The van der Waals surface area contributed by atoms with E-state index < -0.39 is 12.6 Å². The molecule has 0 unspecified atom stereocenters. The van der Waals surface area contributed by atoms with Gasteiger partial charge in [0, 0.05) is 44.1 Å². The Morgan fingerprint density at radius 1 is 1.33 bits per heavy atom. The molecule has 2 heterocycles. The van der Waals surface area contributed by atoms with Gasteiger partial charge in [0.05, 0.1) is 0 Å². The van der Waals surface area contributed by atoms with Crippen molar-refractivity contribution in [3.05, 3.63) is 41.4 Å². The number of pyridine rings is 1. The third-order valence-corrected chi connectivity index (χ3v) is 3.53. The van der Waals surface area contributed by atoms with E-state index in [9.17, 15) is 13.2 Å². The maximum Gasteiger partial charge on any atom is 0.389 e. The van der Waals surface area contributed by atoms with E-state index >= 15 is 0 Å². The Hall–Kier alpha value is -1.56. The van der Waals surface area contributed by atoms with Gasteiger partial charge in [-0.25, -0.2) is 5.01 Å². The Labute approximate surface area is 123 Å². The largest absolute Gasteiger partial charge is 0.389 e. The Balaban J connectivity index is 1.99. The van der Waals surface area contributed by atoms with Crippen molar-refractivity contribution in [2.45, 2.75) is 39.4 Å². The molecule has 2 rings (SSSR count). The molecule has 1 aliphatic heterocycles. The van der Waals surface area contributed by atoms with E-state index in [-0.39, 0.29) is 6.42 Å². The number of hydrogen-bond acceptors (Lipinski definition) is 3. The zero-order chi connectivity index (χ0) is 15.5. The summed E-state index contributed by atoms with van der Waals surface area (Å²) < 4.78 is 36.8. The van der Waals surface area contributed by atoms with E-state index in [4.69, 9.17) is 0 Å². The Kier molecular flexibility index (Phi) is 4.88. The first-order valence-corrected chi connectivity index (χ1v) is 7.08. The fourth-order valence-electron chi connectivity index (χ4n) is 2.43. The summed E-state index contributed by atoms with van der Waals surface area (Å²) in [5.41, 5.74) is 2.38. The molecule has 0 radical (unpaired) electrons. The molecule has 1 aromatic rings. The van der Waals surface area contributed by atoms with Gasteiger partial charge in [-0.15, -0.1) is 0 Å². The molecule has 6 heteroatoms. The van der Waals surface area contributed by atoms with Crippen LogP contribution >= 0.6 is 0 Å². The molecule has 21 heavy (non-hydrogen) atoms. The standard InChI is InChI=1S/C15H20F3N3/c1-3-20-7-4-8-21(20)11-13-9-12(2)14(19-10-13)5-6-15(16,17)18/h4,7,9-10H,3,5-6,8,11H2,1-2H3. The van der Waals surface area contributed by atoms with Crippen molar-refractivity contribution in [2.24, 2.45) is 0 Å². The summed E-state index contributed by atoms with van der Waals surface area (Å²) in [5.74, 6) is 0. The Morgan fingerprint density at radius 3 is 2.71 bits per heavy atom. The molecule has 0 aromatic carbocycles. The maximum atomic E-state index is 12.3. The molecule has 0 atom stereocenters. The number of nitrogens with zero attached hydrogens (tertiary/aromatic N) is 3. The van der Waals surface area contributed by atoms with Crippen LogP contribution < -0.4 is 0 Å². The van der Waals surface area contributed by atoms with Gasteiger partial charge in [0.15, 0.2) is 0 Å². The highest BCUT2D eigenvalue weighted by Crippen LogP contribution is 2.23. The van der Waals surface area contributed by atoms with Crippen molar-refractivity contribution in [1.29, 1.82) is 0 Å². The summed E-state index contributed by atoms with van der Waals surface area (Å²) >= 11 is 0. The third-order valence-electron chi connectivity index (χ3n) is 3.53. The quantitative estimate of drug-likeness (QED) is 0.830. The summed E-state index contributed by atoms with van der Waals surface area (Å²) in [6, 6.07) is 1.94. The maximum absolute atomic E-state index is 12.3. The van der Waals surface area contributed by atoms with Gasteiger partial charge in [-0.2, -0.15) is 13.2 Å². The molecule has 1 aromatic heterocycles. The number of aromatic nitrogens is 1. The molecule has 3 nitrogen and oxygen atoms in total. The van der Waals surface area contributed by atoms with Crippen molar-refractivity contribution in [2.75, 3.05) is 13.1 Å². The first kappa shape index (κ1) is 15.8. The minimum Gasteiger partial charge on any atom is -0.313 e. The smallest absolute Gasteiger partial charge is 0.313 e. The summed E-state index contributed by atoms with van der Waals surface area (Å²) in [4.78, 5) is 4.21. The third kappa shape index (κ3) is 4.46. The van der Waals surface area contributed by atoms with Crippen molar-refractivity contribution >= 4 is 0 Å². The van der Waals surface area contributed by atoms with Gasteiger partial charge in [-0.1, -0.05) is 12.1 Å². The normalized spacial score (nSPS) is 16.0. The van der Waals surface area contributed by atoms with Crippen LogP contribution in [-0.4, -0.2) is 34.3 Å². The number of hydrogen-bond donors (Lipinski definition) is 0. The fourth-order valence-corrected chi connectivity index (χ4v) is 2.43. The Morgan fingerprint density at radius 2 is 2.10 bits per heavy atom. The van der Waals surface area contributed by atoms with E-state index in [1.165, 1.54) is 0 Å². The molecule has 0 saturated heterocycles. The highest BCUT2D eigenvalue weighted by atomic mass is 19.4. The molecule has 0 bridgehead atoms. The minimum absolute atomic E-state index is 0.0536. The van der Waals surface area contributed by atoms with Gasteiger partial charge < -0.3 is 5.01 Å². The van der Waals surface area contributed by atoms with Crippen LogP contribution in [0.3, 0.4) is 0 Å². The zero-order valence-electron chi connectivity index (χ0n) is 12.3. The topological polar surface area (TPSA) is 19.4 Å². The van der Waals surface area contributed by atoms with Crippen molar-refractivity contribution in [3.63, 3.8) is 0 Å². The summed E-state index contributed by atoms with van der Waals surface area (Å²) in [7, 11) is 0. The van der Waals surface area contributed by atoms with Crippen LogP contribution in [0.5, 0.6) is 0 Å². The fraction of sp³-hybridized carbons (Fsp3) is 0.533. The molecular weight excluding hydrogens is 279 g/mol. The molecule has 1 aliphatic rings.